The predicted molar refractivity (Wildman–Crippen MR) is 69.0 cm³/mol. The molecule has 18 heavy (non-hydrogen) atoms. The molecule has 1 fully saturated rings. The highest BCUT2D eigenvalue weighted by Gasteiger charge is 2.31. The molecule has 3 atom stereocenters. The van der Waals surface area contributed by atoms with Gasteiger partial charge in [-0.2, -0.15) is 0 Å². The molecule has 2 unspecified atom stereocenters. The fraction of sp³-hybridized carbons (Fsp3) is 0.846. The van der Waals surface area contributed by atoms with Crippen LogP contribution in [0, 0.1) is 5.92 Å². The Bertz CT molecular complexity index is 294. The number of nitrogens with one attached hydrogen (secondary N) is 1. The van der Waals surface area contributed by atoms with E-state index in [1.165, 1.54) is 0 Å². The van der Waals surface area contributed by atoms with Crippen LogP contribution in [0.25, 0.3) is 0 Å². The molecule has 104 valence electrons. The molecule has 1 saturated carbocycles. The van der Waals surface area contributed by atoms with E-state index in [1.54, 1.807) is 0 Å². The molecule has 0 aromatic carbocycles. The molecule has 4 N–H and O–H groups in total. The van der Waals surface area contributed by atoms with Crippen molar-refractivity contribution in [2.45, 2.75) is 64.0 Å². The number of aliphatic carboxylic acids is 1. The van der Waals surface area contributed by atoms with E-state index in [-0.39, 0.29) is 11.9 Å². The molecular formula is C13H24N2O3. The lowest BCUT2D eigenvalue weighted by Crippen LogP contribution is -2.49. The zero-order valence-electron chi connectivity index (χ0n) is 11.0. The highest BCUT2D eigenvalue weighted by atomic mass is 16.4. The van der Waals surface area contributed by atoms with E-state index in [2.05, 4.69) is 5.32 Å². The normalized spacial score (nSPS) is 26.1. The van der Waals surface area contributed by atoms with E-state index in [1.807, 2.05) is 6.92 Å². The van der Waals surface area contributed by atoms with E-state index in [9.17, 15) is 14.7 Å². The summed E-state index contributed by atoms with van der Waals surface area (Å²) in [5.74, 6) is -1.49. The van der Waals surface area contributed by atoms with Crippen molar-refractivity contribution in [3.05, 3.63) is 0 Å². The first kappa shape index (κ1) is 15.0. The average molecular weight is 256 g/mol. The van der Waals surface area contributed by atoms with Gasteiger partial charge in [0.05, 0.1) is 12.0 Å². The van der Waals surface area contributed by atoms with E-state index in [4.69, 9.17) is 5.73 Å². The third kappa shape index (κ3) is 4.29. The molecule has 1 rings (SSSR count). The summed E-state index contributed by atoms with van der Waals surface area (Å²) >= 11 is 0. The lowest BCUT2D eigenvalue weighted by atomic mass is 9.94. The number of nitrogens with two attached hydrogens (primary N) is 1. The fourth-order valence-corrected chi connectivity index (χ4v) is 2.51. The summed E-state index contributed by atoms with van der Waals surface area (Å²) in [6.45, 7) is 1.97. The van der Waals surface area contributed by atoms with Gasteiger partial charge in [0.25, 0.3) is 0 Å². The Morgan fingerprint density at radius 1 is 1.33 bits per heavy atom. The maximum absolute atomic E-state index is 11.9. The molecule has 0 heterocycles. The maximum Gasteiger partial charge on any atom is 0.308 e. The Morgan fingerprint density at radius 2 is 2.00 bits per heavy atom. The third-order valence-electron chi connectivity index (χ3n) is 3.60. The van der Waals surface area contributed by atoms with Gasteiger partial charge in [0.1, 0.15) is 0 Å². The lowest BCUT2D eigenvalue weighted by Gasteiger charge is -2.24. The van der Waals surface area contributed by atoms with Crippen molar-refractivity contribution in [2.75, 3.05) is 0 Å². The maximum atomic E-state index is 11.9. The Kier molecular flexibility index (Phi) is 6.12. The number of carbonyl (C=O) groups is 2. The minimum Gasteiger partial charge on any atom is -0.481 e. The number of rotatable bonds is 5. The van der Waals surface area contributed by atoms with Crippen LogP contribution >= 0.6 is 0 Å². The average Bonchev–Trinajstić information content (AvgIpc) is 2.54. The number of hydrogen-bond donors (Lipinski definition) is 3. The molecule has 0 aliphatic heterocycles. The van der Waals surface area contributed by atoms with Crippen molar-refractivity contribution in [1.29, 1.82) is 0 Å². The summed E-state index contributed by atoms with van der Waals surface area (Å²) in [5.41, 5.74) is 5.75. The molecule has 0 aromatic heterocycles. The zero-order chi connectivity index (χ0) is 13.5. The molecule has 1 amide bonds. The van der Waals surface area contributed by atoms with Crippen molar-refractivity contribution >= 4 is 11.9 Å². The largest absolute Gasteiger partial charge is 0.481 e. The summed E-state index contributed by atoms with van der Waals surface area (Å²) in [5, 5.41) is 12.0. The summed E-state index contributed by atoms with van der Waals surface area (Å²) in [6.07, 6.45) is 5.79. The van der Waals surface area contributed by atoms with Crippen LogP contribution in [-0.4, -0.2) is 29.1 Å². The molecule has 5 heteroatoms. The van der Waals surface area contributed by atoms with Crippen molar-refractivity contribution in [1.82, 2.24) is 5.32 Å². The number of carbonyl (C=O) groups excluding carboxylic acids is 1. The number of amides is 1. The summed E-state index contributed by atoms with van der Waals surface area (Å²) in [6, 6.07) is -0.784. The van der Waals surface area contributed by atoms with E-state index < -0.39 is 17.9 Å². The van der Waals surface area contributed by atoms with Gasteiger partial charge in [0.15, 0.2) is 0 Å². The molecule has 0 radical (unpaired) electrons. The number of hydrogen-bond acceptors (Lipinski definition) is 3. The van der Waals surface area contributed by atoms with Gasteiger partial charge in [0, 0.05) is 6.04 Å². The van der Waals surface area contributed by atoms with Gasteiger partial charge >= 0.3 is 5.97 Å². The zero-order valence-corrected chi connectivity index (χ0v) is 11.0. The highest BCUT2D eigenvalue weighted by molar-refractivity contribution is 5.82. The molecule has 1 aliphatic carbocycles. The Hall–Kier alpha value is -1.10. The van der Waals surface area contributed by atoms with Crippen molar-refractivity contribution in [3.63, 3.8) is 0 Å². The van der Waals surface area contributed by atoms with E-state index >= 15 is 0 Å². The van der Waals surface area contributed by atoms with Crippen LogP contribution in [0.2, 0.25) is 0 Å². The molecule has 5 nitrogen and oxygen atoms in total. The minimum atomic E-state index is -0.814. The standard InChI is InChI=1S/C13H24N2O3/c1-2-6-10(14)12(16)15-11-8-5-3-4-7-9(11)13(17)18/h9-11H,2-8,14H2,1H3,(H,15,16)(H,17,18)/t9?,10-,11?/m0/s1. The van der Waals surface area contributed by atoms with Gasteiger partial charge in [-0.15, -0.1) is 0 Å². The number of carboxylic acid groups (broad SMARTS) is 1. The first-order valence-corrected chi connectivity index (χ1v) is 6.85. The van der Waals surface area contributed by atoms with E-state index in [0.29, 0.717) is 12.8 Å². The monoisotopic (exact) mass is 256 g/mol. The van der Waals surface area contributed by atoms with Crippen LogP contribution in [0.4, 0.5) is 0 Å². The van der Waals surface area contributed by atoms with Crippen LogP contribution in [0.3, 0.4) is 0 Å². The Balaban J connectivity index is 2.60. The highest BCUT2D eigenvalue weighted by Crippen LogP contribution is 2.23. The third-order valence-corrected chi connectivity index (χ3v) is 3.60. The Morgan fingerprint density at radius 3 is 2.61 bits per heavy atom. The molecular weight excluding hydrogens is 232 g/mol. The van der Waals surface area contributed by atoms with Crippen LogP contribution in [0.15, 0.2) is 0 Å². The SMILES string of the molecule is CCC[C@H](N)C(=O)NC1CCCCCC1C(=O)O. The molecule has 0 saturated heterocycles. The van der Waals surface area contributed by atoms with Crippen molar-refractivity contribution in [3.8, 4) is 0 Å². The topological polar surface area (TPSA) is 92.4 Å². The van der Waals surface area contributed by atoms with Crippen LogP contribution in [-0.2, 0) is 9.59 Å². The second kappa shape index (κ2) is 7.36. The van der Waals surface area contributed by atoms with E-state index in [0.717, 1.165) is 32.1 Å². The van der Waals surface area contributed by atoms with Gasteiger partial charge < -0.3 is 16.2 Å². The van der Waals surface area contributed by atoms with Gasteiger partial charge in [-0.25, -0.2) is 0 Å². The van der Waals surface area contributed by atoms with Crippen LogP contribution in [0.1, 0.15) is 51.9 Å². The molecule has 0 spiro atoms. The van der Waals surface area contributed by atoms with Gasteiger partial charge in [-0.05, 0) is 19.3 Å². The summed E-state index contributed by atoms with van der Waals surface area (Å²) in [4.78, 5) is 23.1. The smallest absolute Gasteiger partial charge is 0.308 e. The Labute approximate surface area is 108 Å². The second-order valence-corrected chi connectivity index (χ2v) is 5.09. The first-order valence-electron chi connectivity index (χ1n) is 6.85. The van der Waals surface area contributed by atoms with Crippen molar-refractivity contribution < 1.29 is 14.7 Å². The molecule has 1 aliphatic rings. The lowest BCUT2D eigenvalue weighted by molar-refractivity contribution is -0.143. The van der Waals surface area contributed by atoms with Gasteiger partial charge in [-0.1, -0.05) is 32.6 Å². The van der Waals surface area contributed by atoms with Crippen LogP contribution in [0.5, 0.6) is 0 Å². The van der Waals surface area contributed by atoms with Gasteiger partial charge in [-0.3, -0.25) is 9.59 Å². The van der Waals surface area contributed by atoms with Crippen molar-refractivity contribution in [2.24, 2.45) is 11.7 Å². The van der Waals surface area contributed by atoms with Gasteiger partial charge in [0.2, 0.25) is 5.91 Å². The summed E-state index contributed by atoms with van der Waals surface area (Å²) < 4.78 is 0. The molecule has 0 aromatic rings. The fourth-order valence-electron chi connectivity index (χ4n) is 2.51. The number of carboxylic acids is 1. The van der Waals surface area contributed by atoms with Crippen LogP contribution < -0.4 is 11.1 Å². The summed E-state index contributed by atoms with van der Waals surface area (Å²) in [7, 11) is 0. The minimum absolute atomic E-state index is 0.213. The quantitative estimate of drug-likeness (QED) is 0.646. The first-order chi connectivity index (χ1) is 8.56. The second-order valence-electron chi connectivity index (χ2n) is 5.09. The molecule has 0 bridgehead atoms. The predicted octanol–water partition coefficient (Wildman–Crippen LogP) is 1.26.